The average Bonchev–Trinajstić information content (AvgIpc) is 3.22. The van der Waals surface area contributed by atoms with Gasteiger partial charge in [-0.15, -0.1) is 11.3 Å². The monoisotopic (exact) mass is 380 g/mol. The van der Waals surface area contributed by atoms with Gasteiger partial charge in [-0.3, -0.25) is 9.48 Å². The lowest BCUT2D eigenvalue weighted by Crippen LogP contribution is -2.26. The van der Waals surface area contributed by atoms with Gasteiger partial charge < -0.3 is 4.90 Å². The summed E-state index contributed by atoms with van der Waals surface area (Å²) in [6, 6.07) is 4.76. The zero-order valence-electron chi connectivity index (χ0n) is 14.0. The molecule has 2 heterocycles. The maximum atomic E-state index is 12.6. The van der Waals surface area contributed by atoms with Crippen LogP contribution in [-0.4, -0.2) is 32.6 Å². The first-order valence-corrected chi connectivity index (χ1v) is 8.48. The number of nitrogens with zero attached hydrogens (tertiary/aromatic N) is 4. The Kier molecular flexibility index (Phi) is 4.82. The highest BCUT2D eigenvalue weighted by Gasteiger charge is 2.30. The first-order valence-electron chi connectivity index (χ1n) is 7.60. The van der Waals surface area contributed by atoms with Gasteiger partial charge in [-0.25, -0.2) is 4.98 Å². The van der Waals surface area contributed by atoms with Gasteiger partial charge >= 0.3 is 6.18 Å². The Morgan fingerprint density at radius 1 is 1.27 bits per heavy atom. The van der Waals surface area contributed by atoms with Gasteiger partial charge in [0.2, 0.25) is 0 Å². The summed E-state index contributed by atoms with van der Waals surface area (Å²) >= 11 is 1.34. The van der Waals surface area contributed by atoms with Crippen LogP contribution in [-0.2, 0) is 19.8 Å². The van der Waals surface area contributed by atoms with Gasteiger partial charge in [0, 0.05) is 37.8 Å². The third-order valence-electron chi connectivity index (χ3n) is 3.72. The van der Waals surface area contributed by atoms with E-state index in [1.54, 1.807) is 36.6 Å². The van der Waals surface area contributed by atoms with Crippen LogP contribution in [0.25, 0.3) is 10.6 Å². The van der Waals surface area contributed by atoms with Crippen LogP contribution in [0.4, 0.5) is 13.2 Å². The molecular weight excluding hydrogens is 365 g/mol. The van der Waals surface area contributed by atoms with Crippen molar-refractivity contribution in [1.82, 2.24) is 19.7 Å². The second kappa shape index (κ2) is 6.91. The number of carbonyl (C=O) groups excluding carboxylic acids is 1. The zero-order chi connectivity index (χ0) is 18.9. The molecule has 1 aromatic carbocycles. The molecule has 5 nitrogen and oxygen atoms in total. The van der Waals surface area contributed by atoms with E-state index in [4.69, 9.17) is 0 Å². The van der Waals surface area contributed by atoms with Gasteiger partial charge in [-0.1, -0.05) is 12.1 Å². The largest absolute Gasteiger partial charge is 0.416 e. The maximum Gasteiger partial charge on any atom is 0.416 e. The maximum absolute atomic E-state index is 12.6. The highest BCUT2D eigenvalue weighted by atomic mass is 32.1. The summed E-state index contributed by atoms with van der Waals surface area (Å²) in [5.41, 5.74) is 1.01. The molecule has 1 amide bonds. The Balaban J connectivity index is 1.69. The van der Waals surface area contributed by atoms with Crippen molar-refractivity contribution in [2.24, 2.45) is 7.05 Å². The van der Waals surface area contributed by atoms with Crippen molar-refractivity contribution in [3.8, 4) is 10.6 Å². The second-order valence-electron chi connectivity index (χ2n) is 5.80. The number of carbonyl (C=O) groups is 1. The minimum absolute atomic E-state index is 0.191. The van der Waals surface area contributed by atoms with E-state index < -0.39 is 11.7 Å². The van der Waals surface area contributed by atoms with E-state index in [0.717, 1.165) is 17.7 Å². The highest BCUT2D eigenvalue weighted by Crippen LogP contribution is 2.29. The predicted octanol–water partition coefficient (Wildman–Crippen LogP) is 3.83. The first kappa shape index (κ1) is 18.1. The molecule has 3 rings (SSSR count). The average molecular weight is 380 g/mol. The Morgan fingerprint density at radius 2 is 1.96 bits per heavy atom. The van der Waals surface area contributed by atoms with Crippen molar-refractivity contribution < 1.29 is 18.0 Å². The van der Waals surface area contributed by atoms with E-state index >= 15 is 0 Å². The van der Waals surface area contributed by atoms with Crippen molar-refractivity contribution in [1.29, 1.82) is 0 Å². The highest BCUT2D eigenvalue weighted by molar-refractivity contribution is 7.13. The smallest absolute Gasteiger partial charge is 0.336 e. The van der Waals surface area contributed by atoms with Crippen molar-refractivity contribution in [2.75, 3.05) is 7.05 Å². The van der Waals surface area contributed by atoms with Gasteiger partial charge in [0.15, 0.2) is 0 Å². The van der Waals surface area contributed by atoms with E-state index in [-0.39, 0.29) is 12.5 Å². The number of thiazole rings is 1. The fraction of sp³-hybridized carbons (Fsp3) is 0.235. The number of amides is 1. The molecule has 0 saturated carbocycles. The molecule has 0 saturated heterocycles. The summed E-state index contributed by atoms with van der Waals surface area (Å²) in [4.78, 5) is 18.2. The van der Waals surface area contributed by atoms with Crippen LogP contribution in [0, 0.1) is 0 Å². The summed E-state index contributed by atoms with van der Waals surface area (Å²) in [5, 5.41) is 6.42. The number of aromatic nitrogens is 3. The number of hydrogen-bond acceptors (Lipinski definition) is 4. The van der Waals surface area contributed by atoms with Crippen LogP contribution in [0.3, 0.4) is 0 Å². The summed E-state index contributed by atoms with van der Waals surface area (Å²) in [6.45, 7) is 0.191. The Hall–Kier alpha value is -2.68. The third kappa shape index (κ3) is 3.93. The third-order valence-corrected chi connectivity index (χ3v) is 4.61. The van der Waals surface area contributed by atoms with Crippen molar-refractivity contribution >= 4 is 17.2 Å². The van der Waals surface area contributed by atoms with E-state index in [0.29, 0.717) is 16.3 Å². The molecule has 0 atom stereocenters. The molecule has 9 heteroatoms. The zero-order valence-corrected chi connectivity index (χ0v) is 14.8. The minimum Gasteiger partial charge on any atom is -0.336 e. The Morgan fingerprint density at radius 3 is 2.54 bits per heavy atom. The molecular formula is C17H15F3N4OS. The van der Waals surface area contributed by atoms with Crippen LogP contribution >= 0.6 is 11.3 Å². The molecule has 0 radical (unpaired) electrons. The number of aryl methyl sites for hydroxylation is 1. The molecule has 0 fully saturated rings. The first-order chi connectivity index (χ1) is 12.2. The summed E-state index contributed by atoms with van der Waals surface area (Å²) < 4.78 is 39.4. The molecule has 2 aromatic heterocycles. The molecule has 0 bridgehead atoms. The van der Waals surface area contributed by atoms with Crippen LogP contribution in [0.5, 0.6) is 0 Å². The quantitative estimate of drug-likeness (QED) is 0.691. The molecule has 0 N–H and O–H groups in total. The van der Waals surface area contributed by atoms with Crippen LogP contribution in [0.15, 0.2) is 42.0 Å². The number of alkyl halides is 3. The summed E-state index contributed by atoms with van der Waals surface area (Å²) in [7, 11) is 3.38. The predicted molar refractivity (Wildman–Crippen MR) is 91.6 cm³/mol. The van der Waals surface area contributed by atoms with Crippen molar-refractivity contribution in [3.63, 3.8) is 0 Å². The van der Waals surface area contributed by atoms with Gasteiger partial charge in [0.1, 0.15) is 10.7 Å². The van der Waals surface area contributed by atoms with E-state index in [9.17, 15) is 18.0 Å². The van der Waals surface area contributed by atoms with Gasteiger partial charge in [0.25, 0.3) is 5.91 Å². The van der Waals surface area contributed by atoms with Crippen LogP contribution in [0.1, 0.15) is 21.6 Å². The summed E-state index contributed by atoms with van der Waals surface area (Å²) in [5.74, 6) is -0.295. The van der Waals surface area contributed by atoms with Gasteiger partial charge in [0.05, 0.1) is 11.8 Å². The second-order valence-corrected chi connectivity index (χ2v) is 6.65. The minimum atomic E-state index is -4.37. The number of rotatable bonds is 4. The Labute approximate surface area is 151 Å². The number of benzene rings is 1. The van der Waals surface area contributed by atoms with Crippen LogP contribution in [0.2, 0.25) is 0 Å². The number of hydrogen-bond donors (Lipinski definition) is 0. The topological polar surface area (TPSA) is 51.0 Å². The molecule has 0 aliphatic carbocycles. The molecule has 3 aromatic rings. The lowest BCUT2D eigenvalue weighted by Gasteiger charge is -2.16. The van der Waals surface area contributed by atoms with E-state index in [1.165, 1.54) is 28.4 Å². The lowest BCUT2D eigenvalue weighted by molar-refractivity contribution is -0.137. The molecule has 0 unspecified atom stereocenters. The standard InChI is InChI=1S/C17H15F3N4OS/c1-23(8-11-3-5-13(6-4-11)17(18,19)20)16(25)14-10-26-15(22-14)12-7-21-24(2)9-12/h3-7,9-10H,8H2,1-2H3. The fourth-order valence-corrected chi connectivity index (χ4v) is 3.15. The van der Waals surface area contributed by atoms with Crippen molar-refractivity contribution in [3.05, 3.63) is 58.9 Å². The van der Waals surface area contributed by atoms with Gasteiger partial charge in [-0.05, 0) is 17.7 Å². The van der Waals surface area contributed by atoms with E-state index in [1.807, 2.05) is 0 Å². The lowest BCUT2D eigenvalue weighted by atomic mass is 10.1. The van der Waals surface area contributed by atoms with Crippen LogP contribution < -0.4 is 0 Å². The Bertz CT molecular complexity index is 915. The fourth-order valence-electron chi connectivity index (χ4n) is 2.38. The summed E-state index contributed by atoms with van der Waals surface area (Å²) in [6.07, 6.45) is -0.901. The number of halogens is 3. The normalized spacial score (nSPS) is 11.6. The molecule has 0 spiro atoms. The molecule has 0 aliphatic heterocycles. The molecule has 0 aliphatic rings. The molecule has 136 valence electrons. The molecule has 26 heavy (non-hydrogen) atoms. The SMILES string of the molecule is CN(Cc1ccc(C(F)(F)F)cc1)C(=O)c1csc(-c2cnn(C)c2)n1. The van der Waals surface area contributed by atoms with E-state index in [2.05, 4.69) is 10.1 Å². The van der Waals surface area contributed by atoms with Crippen molar-refractivity contribution in [2.45, 2.75) is 12.7 Å². The van der Waals surface area contributed by atoms with Gasteiger partial charge in [-0.2, -0.15) is 18.3 Å².